The van der Waals surface area contributed by atoms with Gasteiger partial charge in [0.15, 0.2) is 12.2 Å². The Morgan fingerprint density at radius 1 is 0.688 bits per heavy atom. The molecule has 0 spiro atoms. The van der Waals surface area contributed by atoms with Crippen molar-refractivity contribution in [2.24, 2.45) is 0 Å². The van der Waals surface area contributed by atoms with Crippen LogP contribution in [0.1, 0.15) is 107 Å². The lowest BCUT2D eigenvalue weighted by atomic mass is 10.0. The van der Waals surface area contributed by atoms with Gasteiger partial charge in [0.25, 0.3) is 0 Å². The maximum atomic E-state index is 11.8. The van der Waals surface area contributed by atoms with Crippen LogP contribution in [-0.4, -0.2) is 35.7 Å². The molecule has 0 N–H and O–H groups in total. The highest BCUT2D eigenvalue weighted by Gasteiger charge is 2.24. The van der Waals surface area contributed by atoms with Crippen molar-refractivity contribution in [2.75, 3.05) is 0 Å². The van der Waals surface area contributed by atoms with E-state index in [1.807, 2.05) is 27.7 Å². The van der Waals surface area contributed by atoms with E-state index in [4.69, 9.17) is 29.0 Å². The predicted octanol–water partition coefficient (Wildman–Crippen LogP) is 6.65. The molecule has 0 amide bonds. The Balaban J connectivity index is 4.27. The van der Waals surface area contributed by atoms with Crippen molar-refractivity contribution in [3.8, 4) is 11.8 Å². The molecule has 0 aliphatic heterocycles. The van der Waals surface area contributed by atoms with Gasteiger partial charge in [-0.3, -0.25) is 9.78 Å². The average molecular weight is 459 g/mol. The van der Waals surface area contributed by atoms with Crippen LogP contribution < -0.4 is 0 Å². The van der Waals surface area contributed by atoms with Crippen LogP contribution in [0.25, 0.3) is 0 Å². The molecule has 0 saturated carbocycles. The van der Waals surface area contributed by atoms with Crippen LogP contribution in [0.15, 0.2) is 0 Å². The molecule has 0 aliphatic rings. The summed E-state index contributed by atoms with van der Waals surface area (Å²) in [6, 6.07) is 0. The lowest BCUT2D eigenvalue weighted by molar-refractivity contribution is -0.319. The van der Waals surface area contributed by atoms with E-state index in [2.05, 4.69) is 25.7 Å². The minimum Gasteiger partial charge on any atom is -0.416 e. The van der Waals surface area contributed by atoms with Gasteiger partial charge >= 0.3 is 12.3 Å². The van der Waals surface area contributed by atoms with Gasteiger partial charge in [0.1, 0.15) is 11.2 Å². The van der Waals surface area contributed by atoms with Crippen LogP contribution in [0.2, 0.25) is 0 Å². The molecule has 0 saturated heterocycles. The fourth-order valence-electron chi connectivity index (χ4n) is 2.60. The zero-order valence-electron chi connectivity index (χ0n) is 21.1. The van der Waals surface area contributed by atoms with E-state index in [9.17, 15) is 9.59 Å². The van der Waals surface area contributed by atoms with E-state index in [1.165, 1.54) is 0 Å². The largest absolute Gasteiger partial charge is 0.541 e. The van der Waals surface area contributed by atoms with Gasteiger partial charge in [0.2, 0.25) is 0 Å². The molecule has 0 fully saturated rings. The quantitative estimate of drug-likeness (QED) is 0.0939. The van der Waals surface area contributed by atoms with Crippen molar-refractivity contribution in [2.45, 2.75) is 130 Å². The molecule has 0 rings (SSSR count). The molecule has 0 radical (unpaired) electrons. The van der Waals surface area contributed by atoms with E-state index in [0.717, 1.165) is 51.4 Å². The zero-order chi connectivity index (χ0) is 24.6. The summed E-state index contributed by atoms with van der Waals surface area (Å²) < 4.78 is 10.0. The molecule has 186 valence electrons. The van der Waals surface area contributed by atoms with Crippen LogP contribution in [-0.2, 0) is 29.0 Å². The standard InChI is InChI=1S/C24H42O8/c1-9-11-13-17-23(5,6)31-29-21(25)27-19(3)15-16-20(4)28-22(26)30-32-24(7,8)18-14-12-10-2/h19-20H,9-14,17-18H2,1-8H3. The summed E-state index contributed by atoms with van der Waals surface area (Å²) in [6.45, 7) is 14.7. The summed E-state index contributed by atoms with van der Waals surface area (Å²) in [5.74, 6) is 5.32. The number of ether oxygens (including phenoxy) is 2. The van der Waals surface area contributed by atoms with Gasteiger partial charge in [-0.2, -0.15) is 9.78 Å². The van der Waals surface area contributed by atoms with Crippen molar-refractivity contribution in [3.63, 3.8) is 0 Å². The normalized spacial score (nSPS) is 13.4. The van der Waals surface area contributed by atoms with Crippen molar-refractivity contribution in [3.05, 3.63) is 0 Å². The van der Waals surface area contributed by atoms with E-state index in [-0.39, 0.29) is 0 Å². The van der Waals surface area contributed by atoms with Crippen LogP contribution >= 0.6 is 0 Å². The fraction of sp³-hybridized carbons (Fsp3) is 0.833. The lowest BCUT2D eigenvalue weighted by Gasteiger charge is -2.22. The third kappa shape index (κ3) is 16.7. The van der Waals surface area contributed by atoms with Gasteiger partial charge in [-0.15, -0.1) is 0 Å². The molecule has 2 unspecified atom stereocenters. The van der Waals surface area contributed by atoms with Crippen LogP contribution in [0.3, 0.4) is 0 Å². The summed E-state index contributed by atoms with van der Waals surface area (Å²) in [4.78, 5) is 43.3. The second-order valence-corrected chi connectivity index (χ2v) is 9.08. The van der Waals surface area contributed by atoms with Crippen molar-refractivity contribution < 1.29 is 38.6 Å². The Morgan fingerprint density at radius 3 is 1.34 bits per heavy atom. The SMILES string of the molecule is CCCCCC(C)(C)OOC(=O)OC(C)C#CC(C)OC(=O)OOC(C)(C)CCCCC. The van der Waals surface area contributed by atoms with Crippen molar-refractivity contribution in [1.29, 1.82) is 0 Å². The van der Waals surface area contributed by atoms with E-state index >= 15 is 0 Å². The number of carbonyl (C=O) groups is 2. The third-order valence-corrected chi connectivity index (χ3v) is 4.47. The number of hydrogen-bond donors (Lipinski definition) is 0. The Bertz CT molecular complexity index is 553. The molecular weight excluding hydrogens is 416 g/mol. The molecule has 8 nitrogen and oxygen atoms in total. The monoisotopic (exact) mass is 458 g/mol. The Labute approximate surface area is 193 Å². The molecule has 0 aromatic carbocycles. The predicted molar refractivity (Wildman–Crippen MR) is 120 cm³/mol. The van der Waals surface area contributed by atoms with Gasteiger partial charge in [-0.1, -0.05) is 64.2 Å². The maximum absolute atomic E-state index is 11.8. The average Bonchev–Trinajstić information content (AvgIpc) is 2.70. The molecule has 2 atom stereocenters. The zero-order valence-corrected chi connectivity index (χ0v) is 21.1. The van der Waals surface area contributed by atoms with Gasteiger partial charge < -0.3 is 9.47 Å². The first-order valence-electron chi connectivity index (χ1n) is 11.5. The second-order valence-electron chi connectivity index (χ2n) is 9.08. The minimum absolute atomic E-state index is 0.599. The summed E-state index contributed by atoms with van der Waals surface area (Å²) >= 11 is 0. The number of unbranched alkanes of at least 4 members (excludes halogenated alkanes) is 4. The van der Waals surface area contributed by atoms with Gasteiger partial charge in [-0.05, 0) is 54.4 Å². The highest BCUT2D eigenvalue weighted by atomic mass is 17.2. The molecular formula is C24H42O8. The minimum atomic E-state index is -0.984. The summed E-state index contributed by atoms with van der Waals surface area (Å²) in [7, 11) is 0. The van der Waals surface area contributed by atoms with E-state index in [0.29, 0.717) is 0 Å². The smallest absolute Gasteiger partial charge is 0.416 e. The molecule has 0 aliphatic carbocycles. The number of carbonyl (C=O) groups excluding carboxylic acids is 2. The summed E-state index contributed by atoms with van der Waals surface area (Å²) in [5.41, 5.74) is -1.20. The number of hydrogen-bond acceptors (Lipinski definition) is 8. The molecule has 8 heteroatoms. The van der Waals surface area contributed by atoms with Crippen LogP contribution in [0.4, 0.5) is 9.59 Å². The van der Waals surface area contributed by atoms with Gasteiger partial charge in [0.05, 0.1) is 0 Å². The van der Waals surface area contributed by atoms with Crippen LogP contribution in [0, 0.1) is 11.8 Å². The van der Waals surface area contributed by atoms with Gasteiger partial charge in [0, 0.05) is 0 Å². The number of rotatable bonds is 14. The van der Waals surface area contributed by atoms with E-state index < -0.39 is 35.7 Å². The Hall–Kier alpha value is -1.98. The third-order valence-electron chi connectivity index (χ3n) is 4.47. The van der Waals surface area contributed by atoms with Gasteiger partial charge in [-0.25, -0.2) is 9.59 Å². The molecule has 0 heterocycles. The van der Waals surface area contributed by atoms with E-state index in [1.54, 1.807) is 13.8 Å². The van der Waals surface area contributed by atoms with Crippen LogP contribution in [0.5, 0.6) is 0 Å². The topological polar surface area (TPSA) is 89.5 Å². The Morgan fingerprint density at radius 2 is 1.03 bits per heavy atom. The fourth-order valence-corrected chi connectivity index (χ4v) is 2.60. The highest BCUT2D eigenvalue weighted by molar-refractivity contribution is 5.60. The first kappa shape index (κ1) is 30.0. The highest BCUT2D eigenvalue weighted by Crippen LogP contribution is 2.20. The maximum Gasteiger partial charge on any atom is 0.541 e. The molecule has 0 aromatic rings. The lowest BCUT2D eigenvalue weighted by Crippen LogP contribution is -2.27. The molecule has 0 bridgehead atoms. The van der Waals surface area contributed by atoms with Crippen molar-refractivity contribution >= 4 is 12.3 Å². The summed E-state index contributed by atoms with van der Waals surface area (Å²) in [6.07, 6.45) is 4.29. The first-order chi connectivity index (χ1) is 14.9. The summed E-state index contributed by atoms with van der Waals surface area (Å²) in [5, 5.41) is 0. The van der Waals surface area contributed by atoms with Crippen molar-refractivity contribution in [1.82, 2.24) is 0 Å². The molecule has 0 aromatic heterocycles. The molecule has 32 heavy (non-hydrogen) atoms. The first-order valence-corrected chi connectivity index (χ1v) is 11.5. The Kier molecular flexibility index (Phi) is 14.8. The second kappa shape index (κ2) is 15.8.